The van der Waals surface area contributed by atoms with E-state index in [0.717, 1.165) is 17.9 Å². The van der Waals surface area contributed by atoms with Gasteiger partial charge in [0.15, 0.2) is 5.78 Å². The molecule has 4 aromatic rings. The topological polar surface area (TPSA) is 60.2 Å². The molecule has 0 spiro atoms. The molecule has 0 radical (unpaired) electrons. The molecule has 29 heavy (non-hydrogen) atoms. The van der Waals surface area contributed by atoms with Gasteiger partial charge in [-0.1, -0.05) is 71.9 Å². The van der Waals surface area contributed by atoms with Crippen LogP contribution in [0.1, 0.15) is 45.1 Å². The zero-order chi connectivity index (χ0) is 19.8. The van der Waals surface area contributed by atoms with Crippen LogP contribution in [0.3, 0.4) is 0 Å². The SMILES string of the molecule is Cc1ccc(C2CC(=O)c3cnc4nc(SCc5ccccc5)nn4c3C2)cc1. The summed E-state index contributed by atoms with van der Waals surface area (Å²) >= 11 is 1.58. The van der Waals surface area contributed by atoms with Crippen molar-refractivity contribution in [2.24, 2.45) is 0 Å². The standard InChI is InChI=1S/C23H20N4OS/c1-15-7-9-17(10-8-15)18-11-20-19(21(28)12-18)13-24-22-25-23(26-27(20)22)29-14-16-5-3-2-4-6-16/h2-10,13,18H,11-12,14H2,1H3. The highest BCUT2D eigenvalue weighted by atomic mass is 32.2. The van der Waals surface area contributed by atoms with Gasteiger partial charge in [-0.25, -0.2) is 4.98 Å². The monoisotopic (exact) mass is 400 g/mol. The summed E-state index contributed by atoms with van der Waals surface area (Å²) in [6.07, 6.45) is 2.93. The molecule has 0 amide bonds. The molecule has 2 aromatic heterocycles. The molecule has 5 nitrogen and oxygen atoms in total. The maximum absolute atomic E-state index is 12.8. The van der Waals surface area contributed by atoms with Crippen molar-refractivity contribution in [2.75, 3.05) is 0 Å². The van der Waals surface area contributed by atoms with Crippen molar-refractivity contribution in [3.63, 3.8) is 0 Å². The molecule has 1 aliphatic rings. The van der Waals surface area contributed by atoms with Crippen LogP contribution in [0.5, 0.6) is 0 Å². The third-order valence-corrected chi connectivity index (χ3v) is 6.29. The number of Topliss-reactive ketones (excluding diaryl/α,β-unsaturated/α-hetero) is 1. The predicted octanol–water partition coefficient (Wildman–Crippen LogP) is 4.64. The minimum absolute atomic E-state index is 0.125. The van der Waals surface area contributed by atoms with Gasteiger partial charge in [-0.15, -0.1) is 5.10 Å². The lowest BCUT2D eigenvalue weighted by atomic mass is 9.82. The zero-order valence-corrected chi connectivity index (χ0v) is 16.9. The molecule has 0 N–H and O–H groups in total. The molecule has 0 bridgehead atoms. The van der Waals surface area contributed by atoms with Crippen LogP contribution in [-0.4, -0.2) is 25.4 Å². The lowest BCUT2D eigenvalue weighted by molar-refractivity contribution is 0.0962. The number of ketones is 1. The van der Waals surface area contributed by atoms with Crippen molar-refractivity contribution in [3.05, 3.63) is 88.7 Å². The molecule has 1 unspecified atom stereocenters. The van der Waals surface area contributed by atoms with Crippen molar-refractivity contribution in [2.45, 2.75) is 36.6 Å². The van der Waals surface area contributed by atoms with Gasteiger partial charge in [-0.05, 0) is 30.4 Å². The van der Waals surface area contributed by atoms with Crippen LogP contribution in [0, 0.1) is 6.92 Å². The Kier molecular flexibility index (Phi) is 4.64. The normalized spacial score (nSPS) is 16.2. The molecule has 5 rings (SSSR count). The van der Waals surface area contributed by atoms with Crippen LogP contribution < -0.4 is 0 Å². The van der Waals surface area contributed by atoms with Gasteiger partial charge in [0.1, 0.15) is 0 Å². The number of benzene rings is 2. The Bertz CT molecular complexity index is 1180. The summed E-state index contributed by atoms with van der Waals surface area (Å²) in [6.45, 7) is 2.07. The highest BCUT2D eigenvalue weighted by Gasteiger charge is 2.29. The Morgan fingerprint density at radius 2 is 1.86 bits per heavy atom. The quantitative estimate of drug-likeness (QED) is 0.467. The Labute approximate surface area is 173 Å². The van der Waals surface area contributed by atoms with Crippen LogP contribution in [0.25, 0.3) is 5.78 Å². The summed E-state index contributed by atoms with van der Waals surface area (Å²) in [6, 6.07) is 18.7. The van der Waals surface area contributed by atoms with Crippen LogP contribution in [0.4, 0.5) is 0 Å². The first-order valence-electron chi connectivity index (χ1n) is 9.68. The van der Waals surface area contributed by atoms with E-state index in [1.54, 1.807) is 22.5 Å². The average molecular weight is 401 g/mol. The summed E-state index contributed by atoms with van der Waals surface area (Å²) in [5, 5.41) is 5.35. The minimum Gasteiger partial charge on any atom is -0.294 e. The van der Waals surface area contributed by atoms with E-state index in [4.69, 9.17) is 0 Å². The van der Waals surface area contributed by atoms with Gasteiger partial charge < -0.3 is 0 Å². The van der Waals surface area contributed by atoms with E-state index >= 15 is 0 Å². The van der Waals surface area contributed by atoms with Crippen molar-refractivity contribution in [1.82, 2.24) is 19.6 Å². The van der Waals surface area contributed by atoms with Gasteiger partial charge in [0.2, 0.25) is 5.16 Å². The molecule has 144 valence electrons. The third kappa shape index (κ3) is 3.56. The number of carbonyl (C=O) groups is 1. The highest BCUT2D eigenvalue weighted by molar-refractivity contribution is 7.98. The maximum atomic E-state index is 12.8. The van der Waals surface area contributed by atoms with Gasteiger partial charge in [-0.2, -0.15) is 9.50 Å². The smallest absolute Gasteiger partial charge is 0.253 e. The molecule has 0 saturated carbocycles. The number of rotatable bonds is 4. The van der Waals surface area contributed by atoms with E-state index in [2.05, 4.69) is 58.4 Å². The summed E-state index contributed by atoms with van der Waals surface area (Å²) in [5.74, 6) is 1.63. The first kappa shape index (κ1) is 18.1. The number of thioether (sulfide) groups is 1. The van der Waals surface area contributed by atoms with E-state index < -0.39 is 0 Å². The molecular weight excluding hydrogens is 380 g/mol. The van der Waals surface area contributed by atoms with Crippen molar-refractivity contribution in [1.29, 1.82) is 0 Å². The van der Waals surface area contributed by atoms with Crippen LogP contribution in [0.2, 0.25) is 0 Å². The number of aromatic nitrogens is 4. The summed E-state index contributed by atoms with van der Waals surface area (Å²) in [4.78, 5) is 21.7. The number of carbonyl (C=O) groups excluding carboxylic acids is 1. The Morgan fingerprint density at radius 3 is 2.66 bits per heavy atom. The molecule has 0 aliphatic heterocycles. The van der Waals surface area contributed by atoms with Crippen molar-refractivity contribution in [3.8, 4) is 0 Å². The van der Waals surface area contributed by atoms with Gasteiger partial charge in [0.25, 0.3) is 5.78 Å². The molecular formula is C23H20N4OS. The summed E-state index contributed by atoms with van der Waals surface area (Å²) in [5.41, 5.74) is 5.22. The summed E-state index contributed by atoms with van der Waals surface area (Å²) in [7, 11) is 0. The van der Waals surface area contributed by atoms with Crippen LogP contribution in [0.15, 0.2) is 66.0 Å². The molecule has 2 aromatic carbocycles. The number of hydrogen-bond donors (Lipinski definition) is 0. The molecule has 6 heteroatoms. The lowest BCUT2D eigenvalue weighted by Gasteiger charge is -2.23. The second kappa shape index (κ2) is 7.44. The van der Waals surface area contributed by atoms with E-state index in [-0.39, 0.29) is 11.7 Å². The Hall–Kier alpha value is -2.99. The van der Waals surface area contributed by atoms with Gasteiger partial charge in [-0.3, -0.25) is 4.79 Å². The van der Waals surface area contributed by atoms with E-state index in [1.165, 1.54) is 16.7 Å². The minimum atomic E-state index is 0.125. The second-order valence-electron chi connectivity index (χ2n) is 7.44. The first-order valence-corrected chi connectivity index (χ1v) is 10.7. The molecule has 2 heterocycles. The largest absolute Gasteiger partial charge is 0.294 e. The van der Waals surface area contributed by atoms with Gasteiger partial charge in [0.05, 0.1) is 11.3 Å². The lowest BCUT2D eigenvalue weighted by Crippen LogP contribution is -2.22. The van der Waals surface area contributed by atoms with Crippen molar-refractivity contribution < 1.29 is 4.79 Å². The highest BCUT2D eigenvalue weighted by Crippen LogP contribution is 2.33. The first-order chi connectivity index (χ1) is 14.2. The van der Waals surface area contributed by atoms with Crippen molar-refractivity contribution >= 4 is 23.3 Å². The number of hydrogen-bond acceptors (Lipinski definition) is 5. The predicted molar refractivity (Wildman–Crippen MR) is 113 cm³/mol. The van der Waals surface area contributed by atoms with Crippen LogP contribution in [-0.2, 0) is 12.2 Å². The third-order valence-electron chi connectivity index (χ3n) is 5.38. The Morgan fingerprint density at radius 1 is 1.07 bits per heavy atom. The number of nitrogens with zero attached hydrogens (tertiary/aromatic N) is 4. The van der Waals surface area contributed by atoms with Gasteiger partial charge in [0, 0.05) is 18.4 Å². The molecule has 0 saturated heterocycles. The summed E-state index contributed by atoms with van der Waals surface area (Å²) < 4.78 is 1.76. The van der Waals surface area contributed by atoms with E-state index in [0.29, 0.717) is 22.9 Å². The van der Waals surface area contributed by atoms with E-state index in [9.17, 15) is 4.79 Å². The number of fused-ring (bicyclic) bond motifs is 3. The molecule has 1 atom stereocenters. The van der Waals surface area contributed by atoms with Crippen LogP contribution >= 0.6 is 11.8 Å². The number of aryl methyl sites for hydroxylation is 1. The average Bonchev–Trinajstić information content (AvgIpc) is 3.17. The van der Waals surface area contributed by atoms with Gasteiger partial charge >= 0.3 is 0 Å². The Balaban J connectivity index is 1.46. The molecule has 0 fully saturated rings. The zero-order valence-electron chi connectivity index (χ0n) is 16.1. The second-order valence-corrected chi connectivity index (χ2v) is 8.38. The van der Waals surface area contributed by atoms with E-state index in [1.807, 2.05) is 18.2 Å². The molecule has 1 aliphatic carbocycles. The fraction of sp³-hybridized carbons (Fsp3) is 0.217. The fourth-order valence-corrected chi connectivity index (χ4v) is 4.56. The maximum Gasteiger partial charge on any atom is 0.253 e. The fourth-order valence-electron chi connectivity index (χ4n) is 3.79.